The molecule has 0 spiro atoms. The first kappa shape index (κ1) is 15.0. The van der Waals surface area contributed by atoms with Crippen molar-refractivity contribution in [2.24, 2.45) is 5.73 Å². The molecular formula is C13H18N2O4S. The van der Waals surface area contributed by atoms with Crippen LogP contribution in [-0.4, -0.2) is 44.9 Å². The average molecular weight is 298 g/mol. The van der Waals surface area contributed by atoms with E-state index >= 15 is 0 Å². The molecule has 1 aliphatic heterocycles. The molecule has 1 fully saturated rings. The molecule has 0 aliphatic carbocycles. The van der Waals surface area contributed by atoms with Gasteiger partial charge in [0.05, 0.1) is 17.6 Å². The van der Waals surface area contributed by atoms with Gasteiger partial charge in [0.2, 0.25) is 10.0 Å². The molecule has 0 amide bonds. The first-order valence-electron chi connectivity index (χ1n) is 6.31. The quantitative estimate of drug-likeness (QED) is 0.821. The van der Waals surface area contributed by atoms with Crippen molar-refractivity contribution in [3.05, 3.63) is 29.3 Å². The van der Waals surface area contributed by atoms with Crippen molar-refractivity contribution in [1.29, 1.82) is 0 Å². The maximum Gasteiger partial charge on any atom is 0.337 e. The number of hydrogen-bond donors (Lipinski definition) is 1. The molecule has 2 rings (SSSR count). The average Bonchev–Trinajstić information content (AvgIpc) is 2.84. The number of esters is 1. The summed E-state index contributed by atoms with van der Waals surface area (Å²) >= 11 is 0. The van der Waals surface area contributed by atoms with E-state index in [0.717, 1.165) is 0 Å². The van der Waals surface area contributed by atoms with Gasteiger partial charge >= 0.3 is 5.97 Å². The number of carbonyl (C=O) groups excluding carboxylic acids is 1. The number of nitrogens with zero attached hydrogens (tertiary/aromatic N) is 1. The highest BCUT2D eigenvalue weighted by Crippen LogP contribution is 2.24. The van der Waals surface area contributed by atoms with Crippen LogP contribution in [0.5, 0.6) is 0 Å². The summed E-state index contributed by atoms with van der Waals surface area (Å²) in [5, 5.41) is 0. The van der Waals surface area contributed by atoms with Gasteiger partial charge in [0, 0.05) is 19.1 Å². The lowest BCUT2D eigenvalue weighted by Gasteiger charge is -2.17. The zero-order valence-electron chi connectivity index (χ0n) is 11.5. The van der Waals surface area contributed by atoms with Crippen molar-refractivity contribution in [3.8, 4) is 0 Å². The van der Waals surface area contributed by atoms with Gasteiger partial charge in [-0.15, -0.1) is 0 Å². The fourth-order valence-corrected chi connectivity index (χ4v) is 4.01. The Morgan fingerprint density at radius 1 is 1.45 bits per heavy atom. The fraction of sp³-hybridized carbons (Fsp3) is 0.462. The third-order valence-corrected chi connectivity index (χ3v) is 5.43. The number of ether oxygens (including phenoxy) is 1. The van der Waals surface area contributed by atoms with Gasteiger partial charge in [0.15, 0.2) is 0 Å². The van der Waals surface area contributed by atoms with Gasteiger partial charge in [-0.3, -0.25) is 0 Å². The summed E-state index contributed by atoms with van der Waals surface area (Å²) < 4.78 is 31.0. The van der Waals surface area contributed by atoms with Crippen molar-refractivity contribution in [3.63, 3.8) is 0 Å². The van der Waals surface area contributed by atoms with E-state index in [0.29, 0.717) is 30.6 Å². The Hall–Kier alpha value is -1.44. The number of aryl methyl sites for hydroxylation is 1. The number of methoxy groups -OCH3 is 1. The van der Waals surface area contributed by atoms with E-state index in [4.69, 9.17) is 5.73 Å². The minimum Gasteiger partial charge on any atom is -0.465 e. The maximum atomic E-state index is 12.5. The van der Waals surface area contributed by atoms with Crippen LogP contribution in [0.1, 0.15) is 22.3 Å². The second kappa shape index (κ2) is 5.51. The van der Waals surface area contributed by atoms with E-state index in [1.165, 1.54) is 29.6 Å². The fourth-order valence-electron chi connectivity index (χ4n) is 2.29. The van der Waals surface area contributed by atoms with Crippen LogP contribution < -0.4 is 5.73 Å². The number of hydrogen-bond acceptors (Lipinski definition) is 5. The van der Waals surface area contributed by atoms with Crippen LogP contribution >= 0.6 is 0 Å². The Kier molecular flexibility index (Phi) is 4.12. The second-order valence-electron chi connectivity index (χ2n) is 4.88. The highest BCUT2D eigenvalue weighted by atomic mass is 32.2. The van der Waals surface area contributed by atoms with E-state index < -0.39 is 16.0 Å². The molecule has 1 saturated heterocycles. The number of nitrogens with two attached hydrogens (primary N) is 1. The molecule has 0 unspecified atom stereocenters. The third kappa shape index (κ3) is 2.70. The molecule has 1 heterocycles. The Balaban J connectivity index is 2.35. The SMILES string of the molecule is COC(=O)c1ccc(S(=O)(=O)N2CC[C@@H](N)C2)c(C)c1. The Bertz CT molecular complexity index is 627. The number of sulfonamides is 1. The van der Waals surface area contributed by atoms with Crippen LogP contribution in [0.15, 0.2) is 23.1 Å². The molecule has 20 heavy (non-hydrogen) atoms. The number of rotatable bonds is 3. The molecule has 1 atom stereocenters. The molecule has 0 radical (unpaired) electrons. The Morgan fingerprint density at radius 2 is 2.15 bits per heavy atom. The zero-order chi connectivity index (χ0) is 14.9. The lowest BCUT2D eigenvalue weighted by molar-refractivity contribution is 0.0600. The normalized spacial score (nSPS) is 20.1. The minimum atomic E-state index is -3.55. The molecule has 0 aromatic heterocycles. The summed E-state index contributed by atoms with van der Waals surface area (Å²) in [6, 6.07) is 4.32. The van der Waals surface area contributed by atoms with Gasteiger partial charge < -0.3 is 10.5 Å². The highest BCUT2D eigenvalue weighted by Gasteiger charge is 2.32. The zero-order valence-corrected chi connectivity index (χ0v) is 12.3. The summed E-state index contributed by atoms with van der Waals surface area (Å²) in [5.41, 5.74) is 6.61. The van der Waals surface area contributed by atoms with Crippen LogP contribution in [0.3, 0.4) is 0 Å². The molecule has 1 aromatic rings. The van der Waals surface area contributed by atoms with Crippen LogP contribution in [-0.2, 0) is 14.8 Å². The van der Waals surface area contributed by atoms with Crippen LogP contribution in [0, 0.1) is 6.92 Å². The summed E-state index contributed by atoms with van der Waals surface area (Å²) in [5.74, 6) is -0.486. The van der Waals surface area contributed by atoms with Crippen LogP contribution in [0.25, 0.3) is 0 Å². The number of benzene rings is 1. The first-order chi connectivity index (χ1) is 9.36. The summed E-state index contributed by atoms with van der Waals surface area (Å²) in [4.78, 5) is 11.6. The van der Waals surface area contributed by atoms with Gasteiger partial charge in [-0.1, -0.05) is 0 Å². The van der Waals surface area contributed by atoms with Crippen molar-refractivity contribution in [1.82, 2.24) is 4.31 Å². The van der Waals surface area contributed by atoms with Gasteiger partial charge in [-0.2, -0.15) is 4.31 Å². The third-order valence-electron chi connectivity index (χ3n) is 3.40. The minimum absolute atomic E-state index is 0.112. The summed E-state index contributed by atoms with van der Waals surface area (Å²) in [6.45, 7) is 2.43. The maximum absolute atomic E-state index is 12.5. The van der Waals surface area contributed by atoms with Crippen molar-refractivity contribution in [2.45, 2.75) is 24.3 Å². The van der Waals surface area contributed by atoms with E-state index in [1.807, 2.05) is 0 Å². The van der Waals surface area contributed by atoms with Crippen molar-refractivity contribution >= 4 is 16.0 Å². The first-order valence-corrected chi connectivity index (χ1v) is 7.75. The van der Waals surface area contributed by atoms with Crippen molar-refractivity contribution < 1.29 is 17.9 Å². The molecule has 1 aliphatic rings. The highest BCUT2D eigenvalue weighted by molar-refractivity contribution is 7.89. The predicted molar refractivity (Wildman–Crippen MR) is 73.9 cm³/mol. The van der Waals surface area contributed by atoms with Crippen LogP contribution in [0.2, 0.25) is 0 Å². The van der Waals surface area contributed by atoms with Gasteiger partial charge in [-0.05, 0) is 37.1 Å². The van der Waals surface area contributed by atoms with Crippen LogP contribution in [0.4, 0.5) is 0 Å². The molecule has 0 bridgehead atoms. The topological polar surface area (TPSA) is 89.7 Å². The van der Waals surface area contributed by atoms with E-state index in [9.17, 15) is 13.2 Å². The molecule has 7 heteroatoms. The van der Waals surface area contributed by atoms with Gasteiger partial charge in [0.1, 0.15) is 0 Å². The van der Waals surface area contributed by atoms with E-state index in [2.05, 4.69) is 4.74 Å². The standard InChI is InChI=1S/C13H18N2O4S/c1-9-7-10(13(16)19-2)3-4-12(9)20(17,18)15-6-5-11(14)8-15/h3-4,7,11H,5-6,8,14H2,1-2H3/t11-/m1/s1. The lowest BCUT2D eigenvalue weighted by atomic mass is 10.1. The van der Waals surface area contributed by atoms with E-state index in [-0.39, 0.29) is 10.9 Å². The van der Waals surface area contributed by atoms with Crippen molar-refractivity contribution in [2.75, 3.05) is 20.2 Å². The monoisotopic (exact) mass is 298 g/mol. The molecule has 2 N–H and O–H groups in total. The second-order valence-corrected chi connectivity index (χ2v) is 6.79. The molecule has 0 saturated carbocycles. The summed E-state index contributed by atoms with van der Waals surface area (Å²) in [6.07, 6.45) is 0.665. The molecular weight excluding hydrogens is 280 g/mol. The molecule has 6 nitrogen and oxygen atoms in total. The Labute approximate surface area is 118 Å². The molecule has 110 valence electrons. The van der Waals surface area contributed by atoms with E-state index in [1.54, 1.807) is 6.92 Å². The molecule has 1 aromatic carbocycles. The Morgan fingerprint density at radius 3 is 2.65 bits per heavy atom. The van der Waals surface area contributed by atoms with Gasteiger partial charge in [0.25, 0.3) is 0 Å². The summed E-state index contributed by atoms with van der Waals surface area (Å²) in [7, 11) is -2.26. The lowest BCUT2D eigenvalue weighted by Crippen LogP contribution is -2.32. The largest absolute Gasteiger partial charge is 0.465 e. The van der Waals surface area contributed by atoms with Gasteiger partial charge in [-0.25, -0.2) is 13.2 Å². The number of carbonyl (C=O) groups is 1. The predicted octanol–water partition coefficient (Wildman–Crippen LogP) is 0.503. The smallest absolute Gasteiger partial charge is 0.337 e.